The molecule has 0 aromatic carbocycles. The number of nitrogens with two attached hydrogens (primary N) is 1. The van der Waals surface area contributed by atoms with Crippen LogP contribution in [0.1, 0.15) is 44.9 Å². The van der Waals surface area contributed by atoms with Crippen molar-refractivity contribution in [2.75, 3.05) is 12.0 Å². The molecule has 1 atom stereocenters. The molecule has 1 unspecified atom stereocenters. The minimum absolute atomic E-state index is 0.413. The molecule has 0 saturated carbocycles. The van der Waals surface area contributed by atoms with Crippen molar-refractivity contribution in [3.05, 3.63) is 11.6 Å². The van der Waals surface area contributed by atoms with E-state index in [0.717, 1.165) is 6.42 Å². The largest absolute Gasteiger partial charge is 0.271 e. The molecule has 2 nitrogen and oxygen atoms in total. The molecule has 0 bridgehead atoms. The first kappa shape index (κ1) is 13.1. The highest BCUT2D eigenvalue weighted by Crippen LogP contribution is 2.21. The molecule has 0 fully saturated rings. The maximum Gasteiger partial charge on any atom is 0.0427 e. The van der Waals surface area contributed by atoms with Gasteiger partial charge < -0.3 is 0 Å². The topological polar surface area (TPSA) is 38.0 Å². The number of thioether (sulfide) groups is 1. The number of hydrazine groups is 1. The first-order chi connectivity index (χ1) is 7.38. The number of nitrogens with one attached hydrogen (secondary N) is 1. The van der Waals surface area contributed by atoms with Crippen molar-refractivity contribution in [2.45, 2.75) is 51.0 Å². The van der Waals surface area contributed by atoms with E-state index in [2.05, 4.69) is 17.8 Å². The van der Waals surface area contributed by atoms with Crippen LogP contribution in [0.2, 0.25) is 0 Å². The van der Waals surface area contributed by atoms with Gasteiger partial charge in [0.1, 0.15) is 0 Å². The lowest BCUT2D eigenvalue weighted by molar-refractivity contribution is 0.531. The highest BCUT2D eigenvalue weighted by atomic mass is 32.2. The summed E-state index contributed by atoms with van der Waals surface area (Å²) in [5.74, 6) is 6.82. The molecule has 0 amide bonds. The van der Waals surface area contributed by atoms with Crippen LogP contribution in [0.3, 0.4) is 0 Å². The molecule has 0 aromatic rings. The molecule has 88 valence electrons. The summed E-state index contributed by atoms with van der Waals surface area (Å²) in [6.45, 7) is 0. The fourth-order valence-electron chi connectivity index (χ4n) is 2.14. The molecular weight excluding hydrogens is 204 g/mol. The van der Waals surface area contributed by atoms with Crippen molar-refractivity contribution in [3.8, 4) is 0 Å². The van der Waals surface area contributed by atoms with Gasteiger partial charge in [0, 0.05) is 6.04 Å². The predicted octanol–water partition coefficient (Wildman–Crippen LogP) is 2.85. The van der Waals surface area contributed by atoms with Crippen LogP contribution >= 0.6 is 11.8 Å². The molecule has 0 aliphatic heterocycles. The predicted molar refractivity (Wildman–Crippen MR) is 69.9 cm³/mol. The van der Waals surface area contributed by atoms with Crippen LogP contribution in [-0.4, -0.2) is 18.1 Å². The van der Waals surface area contributed by atoms with E-state index >= 15 is 0 Å². The van der Waals surface area contributed by atoms with E-state index < -0.39 is 0 Å². The third-order valence-corrected chi connectivity index (χ3v) is 3.73. The number of hydrogen-bond acceptors (Lipinski definition) is 3. The van der Waals surface area contributed by atoms with Crippen molar-refractivity contribution in [3.63, 3.8) is 0 Å². The fraction of sp³-hybridized carbons (Fsp3) is 0.833. The second-order valence-electron chi connectivity index (χ2n) is 4.23. The zero-order valence-electron chi connectivity index (χ0n) is 9.80. The lowest BCUT2D eigenvalue weighted by atomic mass is 9.94. The van der Waals surface area contributed by atoms with Gasteiger partial charge in [-0.1, -0.05) is 24.5 Å². The second kappa shape index (κ2) is 8.20. The van der Waals surface area contributed by atoms with Crippen molar-refractivity contribution in [2.24, 2.45) is 5.84 Å². The first-order valence-electron chi connectivity index (χ1n) is 6.02. The van der Waals surface area contributed by atoms with Crippen LogP contribution in [0.15, 0.2) is 11.6 Å². The van der Waals surface area contributed by atoms with Crippen molar-refractivity contribution >= 4 is 11.8 Å². The maximum absolute atomic E-state index is 5.63. The summed E-state index contributed by atoms with van der Waals surface area (Å²) in [6.07, 6.45) is 13.7. The first-order valence-corrected chi connectivity index (χ1v) is 7.42. The summed E-state index contributed by atoms with van der Waals surface area (Å²) in [5.41, 5.74) is 4.52. The molecule has 0 spiro atoms. The Kier molecular flexibility index (Phi) is 7.14. The normalized spacial score (nSPS) is 20.3. The number of hydrogen-bond donors (Lipinski definition) is 2. The average Bonchev–Trinajstić information content (AvgIpc) is 2.21. The van der Waals surface area contributed by atoms with Gasteiger partial charge in [-0.3, -0.25) is 11.3 Å². The Morgan fingerprint density at radius 1 is 1.40 bits per heavy atom. The quantitative estimate of drug-likeness (QED) is 0.432. The Balaban J connectivity index is 2.47. The van der Waals surface area contributed by atoms with Gasteiger partial charge in [-0.15, -0.1) is 0 Å². The third kappa shape index (κ3) is 5.05. The van der Waals surface area contributed by atoms with Gasteiger partial charge >= 0.3 is 0 Å². The Labute approximate surface area is 98.0 Å². The summed E-state index contributed by atoms with van der Waals surface area (Å²) >= 11 is 1.90. The Morgan fingerprint density at radius 3 is 2.93 bits per heavy atom. The van der Waals surface area contributed by atoms with Crippen LogP contribution in [0.25, 0.3) is 0 Å². The summed E-state index contributed by atoms with van der Waals surface area (Å²) < 4.78 is 0. The molecule has 0 radical (unpaired) electrons. The van der Waals surface area contributed by atoms with Gasteiger partial charge in [0.25, 0.3) is 0 Å². The molecule has 15 heavy (non-hydrogen) atoms. The van der Waals surface area contributed by atoms with Crippen LogP contribution in [0, 0.1) is 0 Å². The molecule has 3 heteroatoms. The van der Waals surface area contributed by atoms with Crippen molar-refractivity contribution < 1.29 is 0 Å². The SMILES string of the molecule is CSCCC(NN)C1=CCCCCCC1. The molecular formula is C12H24N2S. The van der Waals surface area contributed by atoms with Gasteiger partial charge in [-0.05, 0) is 44.1 Å². The van der Waals surface area contributed by atoms with E-state index in [4.69, 9.17) is 5.84 Å². The minimum Gasteiger partial charge on any atom is -0.271 e. The molecule has 1 aliphatic rings. The lowest BCUT2D eigenvalue weighted by Gasteiger charge is -2.21. The Bertz CT molecular complexity index is 192. The van der Waals surface area contributed by atoms with E-state index in [0.29, 0.717) is 6.04 Å². The second-order valence-corrected chi connectivity index (χ2v) is 5.22. The van der Waals surface area contributed by atoms with E-state index in [1.54, 1.807) is 5.57 Å². The van der Waals surface area contributed by atoms with Gasteiger partial charge in [0.2, 0.25) is 0 Å². The van der Waals surface area contributed by atoms with Crippen molar-refractivity contribution in [1.29, 1.82) is 0 Å². The average molecular weight is 228 g/mol. The van der Waals surface area contributed by atoms with Crippen LogP contribution in [-0.2, 0) is 0 Å². The summed E-state index contributed by atoms with van der Waals surface area (Å²) in [5, 5.41) is 0. The minimum atomic E-state index is 0.413. The molecule has 0 saturated heterocycles. The molecule has 0 heterocycles. The zero-order chi connectivity index (χ0) is 10.9. The van der Waals surface area contributed by atoms with Gasteiger partial charge in [0.15, 0.2) is 0 Å². The van der Waals surface area contributed by atoms with E-state index in [1.165, 1.54) is 44.3 Å². The van der Waals surface area contributed by atoms with Gasteiger partial charge in [0.05, 0.1) is 0 Å². The summed E-state index contributed by atoms with van der Waals surface area (Å²) in [7, 11) is 0. The van der Waals surface area contributed by atoms with Crippen LogP contribution < -0.4 is 11.3 Å². The molecule has 3 N–H and O–H groups in total. The van der Waals surface area contributed by atoms with Gasteiger partial charge in [-0.2, -0.15) is 11.8 Å². The number of allylic oxidation sites excluding steroid dienone is 1. The summed E-state index contributed by atoms with van der Waals surface area (Å²) in [6, 6.07) is 0.413. The van der Waals surface area contributed by atoms with Crippen LogP contribution in [0.4, 0.5) is 0 Å². The van der Waals surface area contributed by atoms with Crippen molar-refractivity contribution in [1.82, 2.24) is 5.43 Å². The lowest BCUT2D eigenvalue weighted by Crippen LogP contribution is -2.37. The van der Waals surface area contributed by atoms with Gasteiger partial charge in [-0.25, -0.2) is 0 Å². The Hall–Kier alpha value is 0.0100. The van der Waals surface area contributed by atoms with Crippen LogP contribution in [0.5, 0.6) is 0 Å². The number of rotatable bonds is 5. The molecule has 1 aliphatic carbocycles. The molecule has 0 aromatic heterocycles. The smallest absolute Gasteiger partial charge is 0.0427 e. The molecule has 1 rings (SSSR count). The summed E-state index contributed by atoms with van der Waals surface area (Å²) in [4.78, 5) is 0. The maximum atomic E-state index is 5.63. The highest BCUT2D eigenvalue weighted by Gasteiger charge is 2.12. The zero-order valence-corrected chi connectivity index (χ0v) is 10.6. The standard InChI is InChI=1S/C12H24N2S/c1-15-10-9-12(14-13)11-7-5-3-2-4-6-8-11/h7,12,14H,2-6,8-10,13H2,1H3. The third-order valence-electron chi connectivity index (χ3n) is 3.09. The van der Waals surface area contributed by atoms with E-state index in [-0.39, 0.29) is 0 Å². The highest BCUT2D eigenvalue weighted by molar-refractivity contribution is 7.98. The monoisotopic (exact) mass is 228 g/mol. The Morgan fingerprint density at radius 2 is 2.20 bits per heavy atom. The fourth-order valence-corrected chi connectivity index (χ4v) is 2.62. The van der Waals surface area contributed by atoms with E-state index in [9.17, 15) is 0 Å². The van der Waals surface area contributed by atoms with E-state index in [1.807, 2.05) is 11.8 Å².